The van der Waals surface area contributed by atoms with Gasteiger partial charge in [0.05, 0.1) is 16.6 Å². The van der Waals surface area contributed by atoms with Crippen molar-refractivity contribution in [3.05, 3.63) is 23.0 Å². The monoisotopic (exact) mass is 364 g/mol. The molecule has 0 spiro atoms. The Kier molecular flexibility index (Phi) is 5.29. The van der Waals surface area contributed by atoms with Crippen LogP contribution in [-0.4, -0.2) is 35.2 Å². The number of fused-ring (bicyclic) bond motifs is 1. The third-order valence-corrected chi connectivity index (χ3v) is 4.91. The summed E-state index contributed by atoms with van der Waals surface area (Å²) in [6, 6.07) is 2.13. The number of aromatic nitrogens is 2. The maximum absolute atomic E-state index is 13.0. The summed E-state index contributed by atoms with van der Waals surface area (Å²) in [5.41, 5.74) is 2.93. The number of piperidine rings is 1. The van der Waals surface area contributed by atoms with Crippen molar-refractivity contribution in [3.8, 4) is 0 Å². The maximum Gasteiger partial charge on any atom is 0.259 e. The van der Waals surface area contributed by atoms with Crippen molar-refractivity contribution in [2.45, 2.75) is 57.4 Å². The minimum Gasteiger partial charge on any atom is -0.348 e. The lowest BCUT2D eigenvalue weighted by atomic mass is 10.0. The molecule has 6 nitrogen and oxygen atoms in total. The first-order chi connectivity index (χ1) is 11.6. The molecule has 0 radical (unpaired) electrons. The molecule has 136 valence electrons. The van der Waals surface area contributed by atoms with Crippen LogP contribution in [0.4, 0.5) is 0 Å². The minimum absolute atomic E-state index is 0. The van der Waals surface area contributed by atoms with Crippen molar-refractivity contribution < 1.29 is 9.32 Å². The molecule has 2 fully saturated rings. The second-order valence-electron chi connectivity index (χ2n) is 7.29. The van der Waals surface area contributed by atoms with Gasteiger partial charge in [-0.25, -0.2) is 4.98 Å². The Morgan fingerprint density at radius 2 is 2.16 bits per heavy atom. The Hall–Kier alpha value is -1.66. The average molecular weight is 365 g/mol. The number of halogens is 1. The van der Waals surface area contributed by atoms with Crippen LogP contribution in [0.2, 0.25) is 0 Å². The van der Waals surface area contributed by atoms with E-state index in [0.29, 0.717) is 17.2 Å². The summed E-state index contributed by atoms with van der Waals surface area (Å²) in [5, 5.41) is 11.5. The summed E-state index contributed by atoms with van der Waals surface area (Å²) in [6.07, 6.45) is 4.38. The Morgan fingerprint density at radius 1 is 1.36 bits per heavy atom. The van der Waals surface area contributed by atoms with Crippen LogP contribution in [-0.2, 0) is 0 Å². The maximum atomic E-state index is 13.0. The fraction of sp³-hybridized carbons (Fsp3) is 0.611. The van der Waals surface area contributed by atoms with E-state index in [2.05, 4.69) is 34.6 Å². The van der Waals surface area contributed by atoms with Crippen LogP contribution in [0.15, 0.2) is 10.6 Å². The molecule has 1 saturated heterocycles. The summed E-state index contributed by atoms with van der Waals surface area (Å²) < 4.78 is 5.46. The van der Waals surface area contributed by atoms with Gasteiger partial charge in [-0.2, -0.15) is 0 Å². The quantitative estimate of drug-likeness (QED) is 0.871. The van der Waals surface area contributed by atoms with Crippen LogP contribution in [0.1, 0.15) is 73.1 Å². The van der Waals surface area contributed by atoms with E-state index in [1.807, 2.05) is 6.07 Å². The molecule has 2 N–H and O–H groups in total. The van der Waals surface area contributed by atoms with Crippen molar-refractivity contribution in [2.75, 3.05) is 13.1 Å². The van der Waals surface area contributed by atoms with Gasteiger partial charge < -0.3 is 15.2 Å². The van der Waals surface area contributed by atoms with Gasteiger partial charge in [0, 0.05) is 24.2 Å². The Balaban J connectivity index is 0.00000182. The summed E-state index contributed by atoms with van der Waals surface area (Å²) in [7, 11) is 0. The number of hydrogen-bond acceptors (Lipinski definition) is 5. The lowest BCUT2D eigenvalue weighted by Gasteiger charge is -2.24. The molecule has 0 bridgehead atoms. The fourth-order valence-corrected chi connectivity index (χ4v) is 3.39. The molecule has 0 unspecified atom stereocenters. The Morgan fingerprint density at radius 3 is 2.80 bits per heavy atom. The van der Waals surface area contributed by atoms with E-state index in [1.165, 1.54) is 0 Å². The van der Waals surface area contributed by atoms with Gasteiger partial charge in [0.2, 0.25) is 0 Å². The zero-order chi connectivity index (χ0) is 16.7. The van der Waals surface area contributed by atoms with E-state index in [4.69, 9.17) is 4.52 Å². The first-order valence-electron chi connectivity index (χ1n) is 8.95. The van der Waals surface area contributed by atoms with Gasteiger partial charge in [-0.05, 0) is 44.2 Å². The molecule has 25 heavy (non-hydrogen) atoms. The number of carbonyl (C=O) groups is 1. The smallest absolute Gasteiger partial charge is 0.259 e. The number of amides is 1. The third-order valence-electron chi connectivity index (χ3n) is 4.91. The molecule has 2 aliphatic rings. The topological polar surface area (TPSA) is 80.0 Å². The van der Waals surface area contributed by atoms with Crippen LogP contribution < -0.4 is 10.6 Å². The van der Waals surface area contributed by atoms with Crippen LogP contribution >= 0.6 is 12.4 Å². The fourth-order valence-electron chi connectivity index (χ4n) is 3.39. The van der Waals surface area contributed by atoms with E-state index in [-0.39, 0.29) is 30.3 Å². The van der Waals surface area contributed by atoms with Gasteiger partial charge in [-0.1, -0.05) is 19.0 Å². The molecule has 1 aliphatic carbocycles. The summed E-state index contributed by atoms with van der Waals surface area (Å²) in [6.45, 7) is 5.97. The highest BCUT2D eigenvalue weighted by Gasteiger charge is 2.30. The van der Waals surface area contributed by atoms with E-state index in [9.17, 15) is 4.79 Å². The third kappa shape index (κ3) is 3.65. The van der Waals surface area contributed by atoms with Crippen LogP contribution in [0, 0.1) is 0 Å². The molecule has 1 amide bonds. The molecule has 2 aromatic heterocycles. The van der Waals surface area contributed by atoms with Crippen molar-refractivity contribution in [2.24, 2.45) is 0 Å². The number of carbonyl (C=O) groups excluding carboxylic acids is 1. The standard InChI is InChI=1S/C18H24N4O2.ClH/c1-10(2)16-15-13(17(23)20-12-4-3-7-19-9-12)8-14(11-5-6-11)21-18(15)24-22-16;/h8,10-12,19H,3-7,9H2,1-2H3,(H,20,23);1H/t12-;/m0./s1. The minimum atomic E-state index is -0.0388. The number of pyridine rings is 1. The van der Waals surface area contributed by atoms with Gasteiger partial charge in [0.1, 0.15) is 0 Å². The van der Waals surface area contributed by atoms with Gasteiger partial charge in [-0.15, -0.1) is 12.4 Å². The van der Waals surface area contributed by atoms with Gasteiger partial charge in [0.25, 0.3) is 11.6 Å². The van der Waals surface area contributed by atoms with Crippen LogP contribution in [0.25, 0.3) is 11.1 Å². The summed E-state index contributed by atoms with van der Waals surface area (Å²) in [5.74, 6) is 0.607. The molecule has 2 aromatic rings. The van der Waals surface area contributed by atoms with Gasteiger partial charge in [0.15, 0.2) is 0 Å². The normalized spacial score (nSPS) is 20.5. The number of hydrogen-bond donors (Lipinski definition) is 2. The Labute approximate surface area is 153 Å². The summed E-state index contributed by atoms with van der Waals surface area (Å²) >= 11 is 0. The van der Waals surface area contributed by atoms with E-state index in [1.54, 1.807) is 0 Å². The van der Waals surface area contributed by atoms with Crippen molar-refractivity contribution in [1.29, 1.82) is 0 Å². The Bertz CT molecular complexity index is 764. The highest BCUT2D eigenvalue weighted by atomic mass is 35.5. The van der Waals surface area contributed by atoms with Gasteiger partial charge in [-0.3, -0.25) is 4.79 Å². The SMILES string of the molecule is CC(C)c1noc2nc(C3CC3)cc(C(=O)N[C@H]3CCCNC3)c12.Cl. The highest BCUT2D eigenvalue weighted by molar-refractivity contribution is 6.06. The first kappa shape index (κ1) is 18.1. The second-order valence-corrected chi connectivity index (χ2v) is 7.29. The van der Waals surface area contributed by atoms with E-state index < -0.39 is 0 Å². The van der Waals surface area contributed by atoms with Crippen molar-refractivity contribution in [1.82, 2.24) is 20.8 Å². The zero-order valence-corrected chi connectivity index (χ0v) is 15.5. The zero-order valence-electron chi connectivity index (χ0n) is 14.7. The first-order valence-corrected chi connectivity index (χ1v) is 8.95. The summed E-state index contributed by atoms with van der Waals surface area (Å²) in [4.78, 5) is 17.6. The molecule has 1 saturated carbocycles. The molecule has 7 heteroatoms. The predicted octanol–water partition coefficient (Wildman–Crippen LogP) is 3.13. The molecular weight excluding hydrogens is 340 g/mol. The van der Waals surface area contributed by atoms with Crippen molar-refractivity contribution >= 4 is 29.4 Å². The number of nitrogens with zero attached hydrogens (tertiary/aromatic N) is 2. The molecule has 3 heterocycles. The molecule has 0 aromatic carbocycles. The number of nitrogens with one attached hydrogen (secondary N) is 2. The van der Waals surface area contributed by atoms with E-state index >= 15 is 0 Å². The lowest BCUT2D eigenvalue weighted by molar-refractivity contribution is 0.0932. The number of rotatable bonds is 4. The van der Waals surface area contributed by atoms with Crippen LogP contribution in [0.5, 0.6) is 0 Å². The average Bonchev–Trinajstić information content (AvgIpc) is 3.33. The largest absolute Gasteiger partial charge is 0.348 e. The lowest BCUT2D eigenvalue weighted by Crippen LogP contribution is -2.45. The predicted molar refractivity (Wildman–Crippen MR) is 98.5 cm³/mol. The van der Waals surface area contributed by atoms with Crippen molar-refractivity contribution in [3.63, 3.8) is 0 Å². The van der Waals surface area contributed by atoms with Crippen LogP contribution in [0.3, 0.4) is 0 Å². The molecule has 4 rings (SSSR count). The van der Waals surface area contributed by atoms with Gasteiger partial charge >= 0.3 is 0 Å². The van der Waals surface area contributed by atoms with E-state index in [0.717, 1.165) is 55.5 Å². The second kappa shape index (κ2) is 7.30. The highest BCUT2D eigenvalue weighted by Crippen LogP contribution is 2.41. The molecule has 1 atom stereocenters. The molecule has 1 aliphatic heterocycles. The molecular formula is C18H25ClN4O2.